The van der Waals surface area contributed by atoms with Gasteiger partial charge in [0.15, 0.2) is 17.1 Å². The molecule has 0 saturated carbocycles. The Morgan fingerprint density at radius 3 is 1.50 bits per heavy atom. The van der Waals surface area contributed by atoms with Gasteiger partial charge in [0.1, 0.15) is 35.4 Å². The average molecular weight is 1940 g/mol. The second kappa shape index (κ2) is 41.4. The Hall–Kier alpha value is -9.69. The van der Waals surface area contributed by atoms with Crippen LogP contribution in [-0.2, 0) is 85.8 Å². The van der Waals surface area contributed by atoms with Crippen molar-refractivity contribution in [2.75, 3.05) is 40.5 Å². The van der Waals surface area contributed by atoms with E-state index in [9.17, 15) is 121 Å². The van der Waals surface area contributed by atoms with Gasteiger partial charge in [0, 0.05) is 70.6 Å². The summed E-state index contributed by atoms with van der Waals surface area (Å²) in [7, 11) is -31.7. The summed E-state index contributed by atoms with van der Waals surface area (Å²) in [6, 6.07) is 14.3. The third-order valence-electron chi connectivity index (χ3n) is 18.0. The topological polar surface area (TPSA) is 757 Å². The van der Waals surface area contributed by atoms with Crippen LogP contribution in [-0.4, -0.2) is 160 Å². The molecule has 10 rings (SSSR count). The van der Waals surface area contributed by atoms with E-state index in [0.29, 0.717) is 5.56 Å². The number of aliphatic hydroxyl groups is 2. The molecule has 127 heavy (non-hydrogen) atoms. The number of aromatic amines is 2. The van der Waals surface area contributed by atoms with Crippen molar-refractivity contribution in [2.24, 2.45) is 17.6 Å². The molecule has 0 radical (unpaired) electrons. The molecule has 6 unspecified atom stereocenters. The average Bonchev–Trinajstić information content (AvgIpc) is 1.12. The fraction of sp³-hybridized carbons (Fsp3) is 0.348. The van der Waals surface area contributed by atoms with Gasteiger partial charge in [-0.15, -0.1) is 0 Å². The molecular formula is C69H73Cl2N8O42P6-. The first-order chi connectivity index (χ1) is 59.2. The molecular weight excluding hydrogens is 1870 g/mol. The first kappa shape index (κ1) is 101. The number of ether oxygens (including phenoxy) is 6. The number of phosphoric ester groups is 2. The minimum atomic E-state index is -5.86. The van der Waals surface area contributed by atoms with Crippen molar-refractivity contribution in [1.82, 2.24) is 24.4 Å². The Kier molecular flexibility index (Phi) is 32.9. The number of carbonyl (C=O) groups excluding carboxylic acids is 1. The smallest absolute Gasteiger partial charge is 0.490 e. The summed E-state index contributed by atoms with van der Waals surface area (Å²) >= 11 is 12.9. The molecule has 3 aliphatic heterocycles. The molecule has 2 fully saturated rings. The van der Waals surface area contributed by atoms with E-state index < -0.39 is 206 Å². The number of aromatic nitrogens is 4. The number of methoxy groups -OCH3 is 2. The van der Waals surface area contributed by atoms with Gasteiger partial charge in [0.25, 0.3) is 28.4 Å². The van der Waals surface area contributed by atoms with Gasteiger partial charge < -0.3 is 103 Å². The number of hydrogen-bond acceptors (Lipinski definition) is 34. The van der Waals surface area contributed by atoms with E-state index in [1.165, 1.54) is 62.8 Å². The highest BCUT2D eigenvalue weighted by Gasteiger charge is 2.46. The number of rotatable bonds is 34. The van der Waals surface area contributed by atoms with E-state index in [2.05, 4.69) is 65.3 Å². The molecule has 0 bridgehead atoms. The summed E-state index contributed by atoms with van der Waals surface area (Å²) in [6.45, 7) is 3.47. The molecule has 12 atom stereocenters. The maximum Gasteiger partial charge on any atom is 0.490 e. The molecule has 16 N–H and O–H groups in total. The normalized spacial score (nSPS) is 18.8. The molecule has 0 spiro atoms. The van der Waals surface area contributed by atoms with Crippen LogP contribution in [0.5, 0.6) is 17.2 Å². The number of nitro benzene ring substituents is 2. The van der Waals surface area contributed by atoms with Crippen molar-refractivity contribution in [3.8, 4) is 63.4 Å². The maximum absolute atomic E-state index is 13.7. The van der Waals surface area contributed by atoms with Crippen LogP contribution in [0.3, 0.4) is 0 Å². The molecule has 50 nitrogen and oxygen atoms in total. The first-order valence-corrected chi connectivity index (χ1v) is 45.7. The van der Waals surface area contributed by atoms with Crippen LogP contribution in [0.15, 0.2) is 108 Å². The number of carboxylic acid groups (broad SMARTS) is 1. The van der Waals surface area contributed by atoms with E-state index >= 15 is 0 Å². The van der Waals surface area contributed by atoms with Gasteiger partial charge in [0.2, 0.25) is 5.43 Å². The Labute approximate surface area is 721 Å². The van der Waals surface area contributed by atoms with Crippen LogP contribution in [0.4, 0.5) is 11.4 Å². The van der Waals surface area contributed by atoms with Gasteiger partial charge in [-0.05, 0) is 77.7 Å². The third-order valence-corrected chi connectivity index (χ3v) is 26.3. The van der Waals surface area contributed by atoms with Crippen LogP contribution in [0.25, 0.3) is 33.4 Å². The highest BCUT2D eigenvalue weighted by Crippen LogP contribution is 2.68. The zero-order valence-electron chi connectivity index (χ0n) is 65.8. The fourth-order valence-electron chi connectivity index (χ4n) is 12.6. The minimum Gasteiger partial charge on any atom is -0.869 e. The second-order valence-corrected chi connectivity index (χ2v) is 37.1. The summed E-state index contributed by atoms with van der Waals surface area (Å²) in [6.07, 6.45) is -9.27. The molecule has 6 aromatic rings. The SMILES string of the molecule is CC(C)C(OCc1cn([C@H]2C[C@@H](O)[C@@H](COP(=O)(O)OP(=O)(O)OP(=O)(O)O)O2)c(=O)[nH]c1=O)c1ccc(C#CCN)cc1[N+](=O)[O-].COc1cc2c(-c3cc(C(=O)NCC#Cc4ccc(C(OCc5cn([C@H]6C[C@@H](O)[C@@H](COP(=O)(O)OP(=O)(O)OP(=O)(O)O)O6)c(=O)[nH]c5=O)C(C)C)c([N+](=O)[O-])c4)ccc3C(=O)O)c3cc(OC)c(=O)c(Cl)c-3oc2c(Cl)c1[O-]. The van der Waals surface area contributed by atoms with E-state index in [-0.39, 0.29) is 115 Å². The lowest BCUT2D eigenvalue weighted by Gasteiger charge is -2.22. The fourth-order valence-corrected chi connectivity index (χ4v) is 19.1. The number of nitrogens with two attached hydrogens (primary N) is 1. The van der Waals surface area contributed by atoms with Crippen LogP contribution >= 0.6 is 70.1 Å². The zero-order chi connectivity index (χ0) is 94.2. The van der Waals surface area contributed by atoms with Crippen LogP contribution in [0, 0.1) is 55.7 Å². The number of nitrogens with zero attached hydrogens (tertiary/aromatic N) is 4. The van der Waals surface area contributed by atoms with Gasteiger partial charge >= 0.3 is 64.3 Å². The number of aromatic carboxylic acids is 1. The van der Waals surface area contributed by atoms with E-state index in [1.54, 1.807) is 33.8 Å². The Bertz CT molecular complexity index is 6350. The summed E-state index contributed by atoms with van der Waals surface area (Å²) in [5.74, 6) is 6.14. The Morgan fingerprint density at radius 1 is 0.630 bits per heavy atom. The van der Waals surface area contributed by atoms with Gasteiger partial charge in [-0.3, -0.25) is 67.6 Å². The summed E-state index contributed by atoms with van der Waals surface area (Å²) in [5, 5.41) is 70.3. The lowest BCUT2D eigenvalue weighted by Crippen LogP contribution is -2.34. The number of nitro groups is 2. The molecule has 2 saturated heterocycles. The number of halogens is 2. The molecule has 5 heterocycles. The van der Waals surface area contributed by atoms with Gasteiger partial charge in [-0.2, -0.15) is 17.2 Å². The van der Waals surface area contributed by atoms with Crippen LogP contribution in [0.2, 0.25) is 10.0 Å². The lowest BCUT2D eigenvalue weighted by molar-refractivity contribution is -0.386. The highest BCUT2D eigenvalue weighted by molar-refractivity contribution is 7.67. The monoisotopic (exact) mass is 1940 g/mol. The molecule has 1 amide bonds. The van der Waals surface area contributed by atoms with Crippen LogP contribution < -0.4 is 53.6 Å². The van der Waals surface area contributed by atoms with Crippen molar-refractivity contribution < 1.29 is 166 Å². The molecule has 4 aliphatic rings. The predicted octanol–water partition coefficient (Wildman–Crippen LogP) is 5.77. The van der Waals surface area contributed by atoms with Crippen molar-refractivity contribution >= 4 is 104 Å². The molecule has 4 aromatic carbocycles. The number of aliphatic hydroxyl groups excluding tert-OH is 2. The predicted molar refractivity (Wildman–Crippen MR) is 431 cm³/mol. The van der Waals surface area contributed by atoms with Crippen molar-refractivity contribution in [3.63, 3.8) is 0 Å². The van der Waals surface area contributed by atoms with Crippen LogP contribution in [0.1, 0.15) is 119 Å². The molecule has 686 valence electrons. The van der Waals surface area contributed by atoms with E-state index in [0.717, 1.165) is 33.7 Å². The minimum absolute atomic E-state index is 0.0134. The van der Waals surface area contributed by atoms with Crippen molar-refractivity contribution in [3.05, 3.63) is 206 Å². The number of fused-ring (bicyclic) bond motifs is 2. The van der Waals surface area contributed by atoms with Crippen molar-refractivity contribution in [1.29, 1.82) is 0 Å². The summed E-state index contributed by atoms with van der Waals surface area (Å²) < 4.78 is 134. The highest BCUT2D eigenvalue weighted by atomic mass is 35.5. The van der Waals surface area contributed by atoms with Gasteiger partial charge in [0.05, 0.1) is 121 Å². The third kappa shape index (κ3) is 25.9. The van der Waals surface area contributed by atoms with Gasteiger partial charge in [-0.25, -0.2) is 41.8 Å². The summed E-state index contributed by atoms with van der Waals surface area (Å²) in [4.78, 5) is 190. The molecule has 58 heteroatoms. The standard InChI is InChI=1S/C46H43Cl2N4O25P3.C23H31N4O17P3/c1-20(2)40(72-18-23-17-51(46(60)50-44(23)57)34-16-30(53)33(74-34)19-73-79(66,67)77-80(68,69)76-78(63,64)65)25-9-7-21(12-29(25)52(61)62)6-5-11-49-43(56)22-8-10-24(45(58)59)26(13-22)35-27-14-31(70-3)38(54)36(47)41(27)75-42-28(35)15-32(71-4)39(55)37(42)48;1-13(2)21(16-6-5-14(4-3-7-24)8-17(16)27(31)32)40-11-15-10-26(23(30)25-22(15)29)20-9-18(28)19(42-20)12-41-46(36,37)44-47(38,39)43-45(33,34)35/h7-10,12-15,17,20,30,33-34,40,53-54H,11,16,18-19H2,1-4H3,(H,49,56)(H,58,59)(H,66,67)(H,68,69)(H,50,57,60)(H2,63,64,65);5-6,8,10,13,18-21,28H,7,9,11-12,24H2,1-2H3,(H,36,37)(H,38,39)(H,25,29,30)(H2,33,34,35)/p-1/t30-,33-,34-,40?;18-,19-,20-,21?/m11/s1. The Balaban J connectivity index is 0.000000330. The van der Waals surface area contributed by atoms with Crippen molar-refractivity contribution in [2.45, 2.75) is 103 Å². The number of amides is 1. The second-order valence-electron chi connectivity index (χ2n) is 27.5. The maximum atomic E-state index is 13.7. The van der Waals surface area contributed by atoms with E-state index in [1.807, 2.05) is 0 Å². The van der Waals surface area contributed by atoms with Gasteiger partial charge in [-0.1, -0.05) is 74.6 Å². The number of carbonyl (C=O) groups is 2. The summed E-state index contributed by atoms with van der Waals surface area (Å²) in [5.41, 5.74) is -0.354. The zero-order valence-corrected chi connectivity index (χ0v) is 72.7. The Morgan fingerprint density at radius 2 is 1.09 bits per heavy atom. The number of nitrogens with one attached hydrogen (secondary N) is 3. The molecule has 1 aliphatic carbocycles. The number of hydrogen-bond donors (Lipinski definition) is 15. The van der Waals surface area contributed by atoms with E-state index in [4.69, 9.17) is 81.3 Å². The number of phosphoric acid groups is 6. The number of benzene rings is 5. The largest absolute Gasteiger partial charge is 0.869 e. The number of H-pyrrole nitrogens is 2. The number of carboxylic acids is 1. The first-order valence-electron chi connectivity index (χ1n) is 35.9. The molecule has 2 aromatic heterocycles. The quantitative estimate of drug-likeness (QED) is 0.00748. The lowest BCUT2D eigenvalue weighted by atomic mass is 9.89.